The summed E-state index contributed by atoms with van der Waals surface area (Å²) in [6, 6.07) is 0. The van der Waals surface area contributed by atoms with Crippen LogP contribution in [0.15, 0.2) is 0 Å². The third kappa shape index (κ3) is 0.383. The van der Waals surface area contributed by atoms with E-state index in [1.54, 1.807) is 19.3 Å². The second kappa shape index (κ2) is 1.31. The van der Waals surface area contributed by atoms with Gasteiger partial charge in [-0.3, -0.25) is 0 Å². The topological polar surface area (TPSA) is 0 Å². The van der Waals surface area contributed by atoms with E-state index in [0.717, 1.165) is 23.2 Å². The average Bonchev–Trinajstić information content (AvgIpc) is 2.41. The molecule has 0 spiro atoms. The van der Waals surface area contributed by atoms with Gasteiger partial charge in [0.05, 0.1) is 0 Å². The highest BCUT2D eigenvalue weighted by Crippen LogP contribution is 2.72. The molecule has 3 aliphatic carbocycles. The Labute approximate surface area is 63.0 Å². The molecule has 0 amide bonds. The second-order valence-electron chi connectivity index (χ2n) is 5.27. The van der Waals surface area contributed by atoms with E-state index in [2.05, 4.69) is 13.8 Å². The molecule has 3 aliphatic rings. The van der Waals surface area contributed by atoms with Crippen LogP contribution < -0.4 is 0 Å². The Bertz CT molecular complexity index is 164. The molecule has 3 fully saturated rings. The minimum Gasteiger partial charge on any atom is -0.0594 e. The Kier molecular flexibility index (Phi) is 0.735. The number of rotatable bonds is 0. The fourth-order valence-electron chi connectivity index (χ4n) is 4.22. The first-order chi connectivity index (χ1) is 4.69. The second-order valence-corrected chi connectivity index (χ2v) is 5.27. The van der Waals surface area contributed by atoms with E-state index >= 15 is 0 Å². The van der Waals surface area contributed by atoms with Crippen molar-refractivity contribution in [3.63, 3.8) is 0 Å². The highest BCUT2D eigenvalue weighted by atomic mass is 14.7. The van der Waals surface area contributed by atoms with E-state index in [1.807, 2.05) is 0 Å². The molecule has 2 unspecified atom stereocenters. The normalized spacial score (nSPS) is 60.6. The molecule has 0 nitrogen and oxygen atoms in total. The fourth-order valence-corrected chi connectivity index (χ4v) is 4.22. The molecule has 0 aliphatic heterocycles. The van der Waals surface area contributed by atoms with Gasteiger partial charge in [-0.25, -0.2) is 0 Å². The van der Waals surface area contributed by atoms with Crippen molar-refractivity contribution >= 4 is 0 Å². The zero-order chi connectivity index (χ0) is 6.93. The van der Waals surface area contributed by atoms with Gasteiger partial charge in [0, 0.05) is 0 Å². The van der Waals surface area contributed by atoms with Gasteiger partial charge in [0.1, 0.15) is 0 Å². The summed E-state index contributed by atoms with van der Waals surface area (Å²) >= 11 is 0. The number of hydrogen-bond donors (Lipinski definition) is 0. The van der Waals surface area contributed by atoms with E-state index in [4.69, 9.17) is 0 Å². The number of fused-ring (bicyclic) bond motifs is 1. The Morgan fingerprint density at radius 3 is 1.90 bits per heavy atom. The first kappa shape index (κ1) is 5.62. The van der Waals surface area contributed by atoms with Gasteiger partial charge < -0.3 is 0 Å². The van der Waals surface area contributed by atoms with Crippen LogP contribution in [0, 0.1) is 29.1 Å². The lowest BCUT2D eigenvalue weighted by atomic mass is 9.47. The van der Waals surface area contributed by atoms with E-state index < -0.39 is 0 Å². The minimum atomic E-state index is 0.748. The molecule has 2 bridgehead atoms. The van der Waals surface area contributed by atoms with Crippen LogP contribution in [0.3, 0.4) is 0 Å². The van der Waals surface area contributed by atoms with Crippen LogP contribution in [0.25, 0.3) is 0 Å². The van der Waals surface area contributed by atoms with Crippen LogP contribution >= 0.6 is 0 Å². The Morgan fingerprint density at radius 1 is 1.00 bits per heavy atom. The molecule has 3 saturated carbocycles. The highest BCUT2D eigenvalue weighted by Gasteiger charge is 2.64. The van der Waals surface area contributed by atoms with Crippen LogP contribution in [-0.2, 0) is 0 Å². The average molecular weight is 136 g/mol. The number of hydrogen-bond acceptors (Lipinski definition) is 0. The van der Waals surface area contributed by atoms with Gasteiger partial charge in [0.15, 0.2) is 0 Å². The van der Waals surface area contributed by atoms with Crippen molar-refractivity contribution < 1.29 is 0 Å². The monoisotopic (exact) mass is 136 g/mol. The smallest absolute Gasteiger partial charge is 0.0292 e. The van der Waals surface area contributed by atoms with E-state index in [0.29, 0.717) is 0 Å². The summed E-state index contributed by atoms with van der Waals surface area (Å²) in [5.41, 5.74) is 0.748. The van der Waals surface area contributed by atoms with Crippen molar-refractivity contribution in [3.8, 4) is 0 Å². The molecule has 0 aromatic heterocycles. The van der Waals surface area contributed by atoms with Gasteiger partial charge in [0.25, 0.3) is 0 Å². The van der Waals surface area contributed by atoms with Gasteiger partial charge in [-0.1, -0.05) is 13.8 Å². The fraction of sp³-hybridized carbons (Fsp3) is 1.00. The van der Waals surface area contributed by atoms with Crippen LogP contribution in [-0.4, -0.2) is 0 Å². The molecular formula is C10H16. The summed E-state index contributed by atoms with van der Waals surface area (Å²) in [6.07, 6.45) is 4.75. The molecule has 0 heterocycles. The molecule has 0 heteroatoms. The lowest BCUT2D eigenvalue weighted by Crippen LogP contribution is -2.51. The maximum atomic E-state index is 2.49. The molecule has 56 valence electrons. The van der Waals surface area contributed by atoms with Gasteiger partial charge in [-0.2, -0.15) is 0 Å². The molecule has 4 atom stereocenters. The van der Waals surface area contributed by atoms with Crippen LogP contribution in [0.2, 0.25) is 0 Å². The zero-order valence-electron chi connectivity index (χ0n) is 6.93. The first-order valence-electron chi connectivity index (χ1n) is 4.69. The Balaban J connectivity index is 2.00. The van der Waals surface area contributed by atoms with Crippen LogP contribution in [0.1, 0.15) is 33.1 Å². The van der Waals surface area contributed by atoms with E-state index in [1.165, 1.54) is 5.92 Å². The van der Waals surface area contributed by atoms with Crippen molar-refractivity contribution in [1.29, 1.82) is 0 Å². The largest absolute Gasteiger partial charge is 0.0594 e. The molecule has 0 aromatic carbocycles. The molecule has 10 heavy (non-hydrogen) atoms. The maximum Gasteiger partial charge on any atom is -0.0292 e. The molecular weight excluding hydrogens is 120 g/mol. The quantitative estimate of drug-likeness (QED) is 0.480. The summed E-state index contributed by atoms with van der Waals surface area (Å²) in [4.78, 5) is 0. The van der Waals surface area contributed by atoms with Gasteiger partial charge in [-0.05, 0) is 48.3 Å². The standard InChI is InChI=1S/C10H16/c1-10(2)8-4-6-3-7(8)9(10)5-6/h6-9H,3-5H2,1-2H3/t6?,7?,8-,9+. The summed E-state index contributed by atoms with van der Waals surface area (Å²) < 4.78 is 0. The van der Waals surface area contributed by atoms with Gasteiger partial charge in [0.2, 0.25) is 0 Å². The summed E-state index contributed by atoms with van der Waals surface area (Å²) in [5, 5.41) is 0. The highest BCUT2D eigenvalue weighted by molar-refractivity contribution is 5.13. The van der Waals surface area contributed by atoms with Crippen molar-refractivity contribution in [1.82, 2.24) is 0 Å². The maximum absolute atomic E-state index is 2.49. The Morgan fingerprint density at radius 2 is 1.60 bits per heavy atom. The SMILES string of the molecule is CC1(C)[C@@H]2CC3CC2[C@@H]1C3. The third-order valence-corrected chi connectivity index (χ3v) is 4.73. The predicted molar refractivity (Wildman–Crippen MR) is 41.6 cm³/mol. The molecule has 0 aromatic rings. The molecule has 3 rings (SSSR count). The van der Waals surface area contributed by atoms with Crippen LogP contribution in [0.5, 0.6) is 0 Å². The van der Waals surface area contributed by atoms with Crippen molar-refractivity contribution in [2.45, 2.75) is 33.1 Å². The molecule has 0 radical (unpaired) electrons. The van der Waals surface area contributed by atoms with Crippen molar-refractivity contribution in [3.05, 3.63) is 0 Å². The first-order valence-corrected chi connectivity index (χ1v) is 4.69. The van der Waals surface area contributed by atoms with E-state index in [9.17, 15) is 0 Å². The Hall–Kier alpha value is 0. The summed E-state index contributed by atoms with van der Waals surface area (Å²) in [7, 11) is 0. The lowest BCUT2D eigenvalue weighted by molar-refractivity contribution is -0.0904. The molecule has 0 N–H and O–H groups in total. The lowest BCUT2D eigenvalue weighted by Gasteiger charge is -2.57. The third-order valence-electron chi connectivity index (χ3n) is 4.73. The van der Waals surface area contributed by atoms with Crippen LogP contribution in [0.4, 0.5) is 0 Å². The van der Waals surface area contributed by atoms with Crippen molar-refractivity contribution in [2.75, 3.05) is 0 Å². The van der Waals surface area contributed by atoms with E-state index in [-0.39, 0.29) is 0 Å². The van der Waals surface area contributed by atoms with Gasteiger partial charge in [-0.15, -0.1) is 0 Å². The van der Waals surface area contributed by atoms with Crippen molar-refractivity contribution in [2.24, 2.45) is 29.1 Å². The zero-order valence-corrected chi connectivity index (χ0v) is 6.93. The predicted octanol–water partition coefficient (Wildman–Crippen LogP) is 2.69. The summed E-state index contributed by atoms with van der Waals surface area (Å²) in [5.74, 6) is 4.61. The van der Waals surface area contributed by atoms with Gasteiger partial charge >= 0.3 is 0 Å². The minimum absolute atomic E-state index is 0.748. The molecule has 0 saturated heterocycles. The summed E-state index contributed by atoms with van der Waals surface area (Å²) in [6.45, 7) is 4.97.